The number of carbonyl (C=O) groups is 1. The van der Waals surface area contributed by atoms with Crippen molar-refractivity contribution >= 4 is 28.4 Å². The molecule has 0 aliphatic carbocycles. The number of para-hydroxylation sites is 1. The largest absolute Gasteiger partial charge is 0.497 e. The number of amides is 1. The molecule has 0 fully saturated rings. The van der Waals surface area contributed by atoms with E-state index in [2.05, 4.69) is 31.7 Å². The van der Waals surface area contributed by atoms with Crippen LogP contribution >= 0.6 is 0 Å². The van der Waals surface area contributed by atoms with Crippen LogP contribution in [-0.4, -0.2) is 34.5 Å². The quantitative estimate of drug-likeness (QED) is 0.450. The summed E-state index contributed by atoms with van der Waals surface area (Å²) in [5.74, 6) is 0.838. The van der Waals surface area contributed by atoms with Crippen LogP contribution in [0.25, 0.3) is 10.9 Å². The molecule has 0 unspecified atom stereocenters. The zero-order valence-electron chi connectivity index (χ0n) is 16.0. The van der Waals surface area contributed by atoms with Gasteiger partial charge in [-0.2, -0.15) is 0 Å². The van der Waals surface area contributed by atoms with Crippen LogP contribution in [0.1, 0.15) is 16.1 Å². The van der Waals surface area contributed by atoms with Crippen LogP contribution in [0.4, 0.5) is 11.6 Å². The molecular weight excluding hydrogens is 366 g/mol. The van der Waals surface area contributed by atoms with Crippen LogP contribution in [0.5, 0.6) is 5.75 Å². The number of fused-ring (bicyclic) bond motifs is 1. The van der Waals surface area contributed by atoms with Crippen LogP contribution in [0.3, 0.4) is 0 Å². The maximum atomic E-state index is 12.5. The van der Waals surface area contributed by atoms with Gasteiger partial charge in [-0.3, -0.25) is 4.79 Å². The van der Waals surface area contributed by atoms with E-state index in [4.69, 9.17) is 4.74 Å². The smallest absolute Gasteiger partial charge is 0.270 e. The lowest BCUT2D eigenvalue weighted by Crippen LogP contribution is -2.26. The second-order valence-corrected chi connectivity index (χ2v) is 6.49. The fourth-order valence-electron chi connectivity index (χ4n) is 3.12. The van der Waals surface area contributed by atoms with Gasteiger partial charge in [-0.25, -0.2) is 9.97 Å². The van der Waals surface area contributed by atoms with Crippen molar-refractivity contribution in [2.45, 2.75) is 6.42 Å². The minimum absolute atomic E-state index is 0.235. The van der Waals surface area contributed by atoms with E-state index in [9.17, 15) is 4.79 Å². The highest BCUT2D eigenvalue weighted by molar-refractivity contribution is 5.92. The van der Waals surface area contributed by atoms with Gasteiger partial charge in [0.1, 0.15) is 11.4 Å². The van der Waals surface area contributed by atoms with Crippen molar-refractivity contribution < 1.29 is 9.53 Å². The molecule has 0 bridgehead atoms. The number of aromatic amines is 1. The molecule has 0 aliphatic rings. The number of rotatable bonds is 7. The van der Waals surface area contributed by atoms with Crippen molar-refractivity contribution in [1.82, 2.24) is 20.3 Å². The van der Waals surface area contributed by atoms with E-state index >= 15 is 0 Å². The summed E-state index contributed by atoms with van der Waals surface area (Å²) in [4.78, 5) is 24.2. The monoisotopic (exact) mass is 387 g/mol. The van der Waals surface area contributed by atoms with E-state index in [-0.39, 0.29) is 5.91 Å². The molecule has 2 heterocycles. The summed E-state index contributed by atoms with van der Waals surface area (Å²) in [6.45, 7) is 0.517. The maximum absolute atomic E-state index is 12.5. The number of H-pyrrole nitrogens is 1. The molecule has 3 N–H and O–H groups in total. The highest BCUT2D eigenvalue weighted by atomic mass is 16.5. The van der Waals surface area contributed by atoms with Crippen LogP contribution in [0.2, 0.25) is 0 Å². The predicted molar refractivity (Wildman–Crippen MR) is 113 cm³/mol. The zero-order chi connectivity index (χ0) is 20.1. The average Bonchev–Trinajstić information content (AvgIpc) is 3.17. The lowest BCUT2D eigenvalue weighted by Gasteiger charge is -2.08. The fraction of sp³-hybridized carbons (Fsp3) is 0.136. The first-order chi connectivity index (χ1) is 14.2. The number of ether oxygens (including phenoxy) is 1. The molecule has 7 heteroatoms. The lowest BCUT2D eigenvalue weighted by molar-refractivity contribution is 0.0949. The van der Waals surface area contributed by atoms with Gasteiger partial charge in [-0.05, 0) is 36.2 Å². The number of benzene rings is 2. The van der Waals surface area contributed by atoms with E-state index in [1.54, 1.807) is 19.4 Å². The normalized spacial score (nSPS) is 10.7. The van der Waals surface area contributed by atoms with Gasteiger partial charge in [0.2, 0.25) is 5.95 Å². The molecule has 1 amide bonds. The third-order valence-electron chi connectivity index (χ3n) is 4.57. The Balaban J connectivity index is 1.38. The second-order valence-electron chi connectivity index (χ2n) is 6.49. The van der Waals surface area contributed by atoms with E-state index < -0.39 is 0 Å². The van der Waals surface area contributed by atoms with Gasteiger partial charge in [0, 0.05) is 41.6 Å². The van der Waals surface area contributed by atoms with E-state index in [1.165, 1.54) is 10.9 Å². The molecule has 4 rings (SSSR count). The van der Waals surface area contributed by atoms with Crippen LogP contribution < -0.4 is 15.4 Å². The summed E-state index contributed by atoms with van der Waals surface area (Å²) >= 11 is 0. The Labute approximate surface area is 168 Å². The van der Waals surface area contributed by atoms with E-state index in [1.807, 2.05) is 48.7 Å². The highest BCUT2D eigenvalue weighted by Gasteiger charge is 2.10. The van der Waals surface area contributed by atoms with Crippen LogP contribution in [0, 0.1) is 0 Å². The molecule has 0 radical (unpaired) electrons. The molecule has 7 nitrogen and oxygen atoms in total. The lowest BCUT2D eigenvalue weighted by atomic mass is 10.1. The number of nitrogens with one attached hydrogen (secondary N) is 3. The summed E-state index contributed by atoms with van der Waals surface area (Å²) < 4.78 is 5.21. The standard InChI is InChI=1S/C22H21N5O2/c1-29-17-6-4-5-16(13-17)26-22-24-12-10-20(27-22)21(28)23-11-9-15-14-25-19-8-3-2-7-18(15)19/h2-8,10,12-14,25H,9,11H2,1H3,(H,23,28)(H,24,26,27). The zero-order valence-corrected chi connectivity index (χ0v) is 16.0. The highest BCUT2D eigenvalue weighted by Crippen LogP contribution is 2.20. The summed E-state index contributed by atoms with van der Waals surface area (Å²) in [5, 5.41) is 7.18. The van der Waals surface area contributed by atoms with Gasteiger partial charge in [0.05, 0.1) is 7.11 Å². The first kappa shape index (κ1) is 18.5. The summed E-state index contributed by atoms with van der Waals surface area (Å²) in [7, 11) is 1.61. The minimum Gasteiger partial charge on any atom is -0.497 e. The molecular formula is C22H21N5O2. The maximum Gasteiger partial charge on any atom is 0.270 e. The topological polar surface area (TPSA) is 91.9 Å². The Kier molecular flexibility index (Phi) is 5.38. The van der Waals surface area contributed by atoms with Crippen molar-refractivity contribution in [1.29, 1.82) is 0 Å². The number of carbonyl (C=O) groups excluding carboxylic acids is 1. The van der Waals surface area contributed by atoms with Gasteiger partial charge in [0.25, 0.3) is 5.91 Å². The van der Waals surface area contributed by atoms with Crippen molar-refractivity contribution in [2.24, 2.45) is 0 Å². The number of methoxy groups -OCH3 is 1. The number of nitrogens with zero attached hydrogens (tertiary/aromatic N) is 2. The Morgan fingerprint density at radius 2 is 2.03 bits per heavy atom. The SMILES string of the molecule is COc1cccc(Nc2nccc(C(=O)NCCc3c[nH]c4ccccc34)n2)c1. The summed E-state index contributed by atoms with van der Waals surface area (Å²) in [6.07, 6.45) is 4.28. The summed E-state index contributed by atoms with van der Waals surface area (Å²) in [5.41, 5.74) is 3.35. The van der Waals surface area contributed by atoms with Crippen molar-refractivity contribution in [3.05, 3.63) is 78.2 Å². The molecule has 0 saturated carbocycles. The van der Waals surface area contributed by atoms with Gasteiger partial charge in [-0.1, -0.05) is 24.3 Å². The molecule has 2 aromatic heterocycles. The fourth-order valence-corrected chi connectivity index (χ4v) is 3.12. The van der Waals surface area contributed by atoms with Crippen molar-refractivity contribution in [3.8, 4) is 5.75 Å². The Morgan fingerprint density at radius 3 is 2.93 bits per heavy atom. The van der Waals surface area contributed by atoms with E-state index in [0.29, 0.717) is 18.2 Å². The summed E-state index contributed by atoms with van der Waals surface area (Å²) in [6, 6.07) is 17.1. The predicted octanol–water partition coefficient (Wildman–Crippen LogP) is 3.68. The second kappa shape index (κ2) is 8.43. The molecule has 0 aliphatic heterocycles. The minimum atomic E-state index is -0.235. The molecule has 0 spiro atoms. The van der Waals surface area contributed by atoms with E-state index in [0.717, 1.165) is 23.4 Å². The average molecular weight is 387 g/mol. The Bertz CT molecular complexity index is 1140. The Hall–Kier alpha value is -3.87. The van der Waals surface area contributed by atoms with Crippen molar-refractivity contribution in [3.63, 3.8) is 0 Å². The number of anilines is 2. The number of hydrogen-bond donors (Lipinski definition) is 3. The van der Waals surface area contributed by atoms with Gasteiger partial charge < -0.3 is 20.4 Å². The molecule has 29 heavy (non-hydrogen) atoms. The first-order valence-electron chi connectivity index (χ1n) is 9.30. The van der Waals surface area contributed by atoms with Gasteiger partial charge in [-0.15, -0.1) is 0 Å². The molecule has 4 aromatic rings. The van der Waals surface area contributed by atoms with Gasteiger partial charge >= 0.3 is 0 Å². The molecule has 0 saturated heterocycles. The van der Waals surface area contributed by atoms with Crippen LogP contribution in [-0.2, 0) is 6.42 Å². The Morgan fingerprint density at radius 1 is 1.14 bits per heavy atom. The third kappa shape index (κ3) is 4.35. The molecule has 146 valence electrons. The molecule has 2 aromatic carbocycles. The molecule has 0 atom stereocenters. The first-order valence-corrected chi connectivity index (χ1v) is 9.30. The van der Waals surface area contributed by atoms with Crippen molar-refractivity contribution in [2.75, 3.05) is 19.0 Å². The number of aromatic nitrogens is 3. The third-order valence-corrected chi connectivity index (χ3v) is 4.57. The van der Waals surface area contributed by atoms with Crippen LogP contribution in [0.15, 0.2) is 67.0 Å². The number of hydrogen-bond acceptors (Lipinski definition) is 5. The van der Waals surface area contributed by atoms with Gasteiger partial charge in [0.15, 0.2) is 0 Å².